The Morgan fingerprint density at radius 3 is 1.70 bits per heavy atom. The molecule has 1 fully saturated rings. The molecule has 1 unspecified atom stereocenters. The average Bonchev–Trinajstić information content (AvgIpc) is 3.27. The number of hydrogen-bond donors (Lipinski definition) is 2. The SMILES string of the molecule is O=C1CCC(N2C(=O)c3cccc(NCCOCCOCCOCCOCCOCCOCCOCCI)c3C2=O)C(=O)N1. The number of rotatable bonds is 25. The van der Waals surface area contributed by atoms with Crippen LogP contribution in [0.2, 0.25) is 0 Å². The van der Waals surface area contributed by atoms with Crippen LogP contribution in [-0.4, -0.2) is 138 Å². The van der Waals surface area contributed by atoms with Gasteiger partial charge in [0, 0.05) is 23.1 Å². The van der Waals surface area contributed by atoms with Crippen molar-refractivity contribution in [2.45, 2.75) is 18.9 Å². The molecule has 3 rings (SSSR count). The summed E-state index contributed by atoms with van der Waals surface area (Å²) in [6.07, 6.45) is 0.181. The van der Waals surface area contributed by atoms with Crippen LogP contribution in [0.4, 0.5) is 5.69 Å². The molecule has 4 amide bonds. The van der Waals surface area contributed by atoms with Gasteiger partial charge in [-0.1, -0.05) is 28.7 Å². The lowest BCUT2D eigenvalue weighted by atomic mass is 10.0. The first-order valence-electron chi connectivity index (χ1n) is 14.7. The molecule has 0 spiro atoms. The average molecular weight is 736 g/mol. The largest absolute Gasteiger partial charge is 0.382 e. The summed E-state index contributed by atoms with van der Waals surface area (Å²) in [4.78, 5) is 50.7. The number of halogens is 1. The lowest BCUT2D eigenvalue weighted by Gasteiger charge is -2.27. The maximum atomic E-state index is 13.1. The number of hydrogen-bond acceptors (Lipinski definition) is 12. The second kappa shape index (κ2) is 21.5. The first-order chi connectivity index (χ1) is 21.5. The zero-order valence-electron chi connectivity index (χ0n) is 24.9. The van der Waals surface area contributed by atoms with Crippen molar-refractivity contribution >= 4 is 51.9 Å². The molecule has 0 radical (unpaired) electrons. The van der Waals surface area contributed by atoms with Crippen LogP contribution in [-0.2, 0) is 42.7 Å². The number of anilines is 1. The molecule has 44 heavy (non-hydrogen) atoms. The fourth-order valence-electron chi connectivity index (χ4n) is 4.40. The summed E-state index contributed by atoms with van der Waals surface area (Å²) in [6.45, 7) is 7.34. The molecule has 1 saturated heterocycles. The zero-order valence-corrected chi connectivity index (χ0v) is 27.0. The summed E-state index contributed by atoms with van der Waals surface area (Å²) in [5.41, 5.74) is 0.926. The molecule has 1 atom stereocenters. The minimum Gasteiger partial charge on any atom is -0.382 e. The number of fused-ring (bicyclic) bond motifs is 1. The van der Waals surface area contributed by atoms with E-state index in [1.165, 1.54) is 0 Å². The van der Waals surface area contributed by atoms with Gasteiger partial charge >= 0.3 is 0 Å². The number of amides is 4. The number of nitrogens with one attached hydrogen (secondary N) is 2. The molecule has 0 saturated carbocycles. The Morgan fingerprint density at radius 1 is 0.705 bits per heavy atom. The molecule has 2 heterocycles. The van der Waals surface area contributed by atoms with Crippen molar-refractivity contribution in [3.63, 3.8) is 0 Å². The van der Waals surface area contributed by atoms with E-state index in [1.807, 2.05) is 0 Å². The van der Waals surface area contributed by atoms with Crippen LogP contribution in [0.1, 0.15) is 33.6 Å². The Morgan fingerprint density at radius 2 is 1.20 bits per heavy atom. The van der Waals surface area contributed by atoms with Crippen molar-refractivity contribution in [1.29, 1.82) is 0 Å². The highest BCUT2D eigenvalue weighted by molar-refractivity contribution is 14.1. The van der Waals surface area contributed by atoms with Gasteiger partial charge < -0.3 is 38.5 Å². The molecule has 2 N–H and O–H groups in total. The van der Waals surface area contributed by atoms with E-state index in [4.69, 9.17) is 33.2 Å². The highest BCUT2D eigenvalue weighted by Gasteiger charge is 2.45. The van der Waals surface area contributed by atoms with Crippen molar-refractivity contribution in [1.82, 2.24) is 10.2 Å². The van der Waals surface area contributed by atoms with Gasteiger partial charge in [-0.15, -0.1) is 0 Å². The van der Waals surface area contributed by atoms with E-state index in [0.717, 1.165) is 15.9 Å². The van der Waals surface area contributed by atoms with Crippen molar-refractivity contribution < 1.29 is 52.3 Å². The van der Waals surface area contributed by atoms with Gasteiger partial charge in [0.1, 0.15) is 6.04 Å². The molecule has 14 nitrogen and oxygen atoms in total. The molecule has 2 aliphatic heterocycles. The number of ether oxygens (including phenoxy) is 7. The van der Waals surface area contributed by atoms with E-state index in [9.17, 15) is 19.2 Å². The smallest absolute Gasteiger partial charge is 0.264 e. The minimum absolute atomic E-state index is 0.0716. The first-order valence-corrected chi connectivity index (χ1v) is 16.3. The lowest BCUT2D eigenvalue weighted by molar-refractivity contribution is -0.136. The van der Waals surface area contributed by atoms with E-state index in [1.54, 1.807) is 18.2 Å². The van der Waals surface area contributed by atoms with E-state index >= 15 is 0 Å². The van der Waals surface area contributed by atoms with Gasteiger partial charge in [-0.3, -0.25) is 29.4 Å². The number of alkyl halides is 1. The van der Waals surface area contributed by atoms with Gasteiger partial charge in [0.2, 0.25) is 11.8 Å². The zero-order chi connectivity index (χ0) is 31.4. The van der Waals surface area contributed by atoms with Gasteiger partial charge in [0.25, 0.3) is 11.8 Å². The van der Waals surface area contributed by atoms with Crippen LogP contribution < -0.4 is 10.6 Å². The Hall–Kier alpha value is -2.25. The Bertz CT molecular complexity index is 1060. The standard InChI is InChI=1S/C29H42IN3O11/c30-6-8-38-10-12-40-14-16-42-18-20-44-21-19-43-17-15-41-13-11-39-9-7-31-23-3-1-2-22-26(23)29(37)33(28(22)36)24-4-5-25(34)32-27(24)35/h1-3,24,31H,4-21H2,(H,32,34,35). The number of carbonyl (C=O) groups excluding carboxylic acids is 4. The number of piperidine rings is 1. The first kappa shape index (κ1) is 36.2. The number of nitrogens with zero attached hydrogens (tertiary/aromatic N) is 1. The molecule has 246 valence electrons. The van der Waals surface area contributed by atoms with Gasteiger partial charge in [-0.05, 0) is 18.6 Å². The third-order valence-electron chi connectivity index (χ3n) is 6.48. The summed E-state index contributed by atoms with van der Waals surface area (Å²) in [6, 6.07) is 3.92. The number of imide groups is 2. The fourth-order valence-corrected chi connectivity index (χ4v) is 4.71. The van der Waals surface area contributed by atoms with Crippen molar-refractivity contribution in [3.05, 3.63) is 29.3 Å². The number of carbonyl (C=O) groups is 4. The molecule has 1 aromatic rings. The number of benzene rings is 1. The van der Waals surface area contributed by atoms with Crippen LogP contribution in [0.5, 0.6) is 0 Å². The Kier molecular flexibility index (Phi) is 17.7. The van der Waals surface area contributed by atoms with Gasteiger partial charge in [-0.25, -0.2) is 0 Å². The monoisotopic (exact) mass is 735 g/mol. The maximum absolute atomic E-state index is 13.1. The highest BCUT2D eigenvalue weighted by Crippen LogP contribution is 2.32. The van der Waals surface area contributed by atoms with E-state index in [-0.39, 0.29) is 24.0 Å². The third-order valence-corrected chi connectivity index (χ3v) is 6.92. The highest BCUT2D eigenvalue weighted by atomic mass is 127. The lowest BCUT2D eigenvalue weighted by Crippen LogP contribution is -2.54. The van der Waals surface area contributed by atoms with Crippen LogP contribution >= 0.6 is 22.6 Å². The molecule has 1 aromatic carbocycles. The second-order valence-corrected chi connectivity index (χ2v) is 10.7. The summed E-state index contributed by atoms with van der Waals surface area (Å²) in [5.74, 6) is -2.15. The molecule has 0 aromatic heterocycles. The predicted octanol–water partition coefficient (Wildman–Crippen LogP) is 1.05. The summed E-state index contributed by atoms with van der Waals surface area (Å²) in [7, 11) is 0. The van der Waals surface area contributed by atoms with Crippen LogP contribution in [0.25, 0.3) is 0 Å². The van der Waals surface area contributed by atoms with Crippen LogP contribution in [0.15, 0.2) is 18.2 Å². The van der Waals surface area contributed by atoms with Gasteiger partial charge in [0.15, 0.2) is 0 Å². The van der Waals surface area contributed by atoms with Gasteiger partial charge in [0.05, 0.1) is 104 Å². The second-order valence-electron chi connectivity index (χ2n) is 9.58. The van der Waals surface area contributed by atoms with Crippen LogP contribution in [0.3, 0.4) is 0 Å². The Balaban J connectivity index is 1.14. The molecule has 0 bridgehead atoms. The molecular weight excluding hydrogens is 693 g/mol. The summed E-state index contributed by atoms with van der Waals surface area (Å²) in [5, 5.41) is 5.33. The molecular formula is C29H42IN3O11. The normalized spacial score (nSPS) is 16.5. The van der Waals surface area contributed by atoms with Crippen molar-refractivity contribution in [3.8, 4) is 0 Å². The van der Waals surface area contributed by atoms with Crippen molar-refractivity contribution in [2.75, 3.05) is 109 Å². The summed E-state index contributed by atoms with van der Waals surface area (Å²) >= 11 is 2.26. The topological polar surface area (TPSA) is 160 Å². The molecule has 15 heteroatoms. The van der Waals surface area contributed by atoms with Gasteiger partial charge in [-0.2, -0.15) is 0 Å². The van der Waals surface area contributed by atoms with E-state index < -0.39 is 29.7 Å². The quantitative estimate of drug-likeness (QED) is 0.0638. The summed E-state index contributed by atoms with van der Waals surface area (Å²) < 4.78 is 39.1. The fraction of sp³-hybridized carbons (Fsp3) is 0.655. The van der Waals surface area contributed by atoms with E-state index in [2.05, 4.69) is 33.2 Å². The predicted molar refractivity (Wildman–Crippen MR) is 166 cm³/mol. The van der Waals surface area contributed by atoms with E-state index in [0.29, 0.717) is 98.1 Å². The minimum atomic E-state index is -1.00. The third kappa shape index (κ3) is 12.3. The molecule has 2 aliphatic rings. The van der Waals surface area contributed by atoms with Crippen LogP contribution in [0, 0.1) is 0 Å². The molecule has 0 aliphatic carbocycles. The Labute approximate surface area is 270 Å². The van der Waals surface area contributed by atoms with Crippen molar-refractivity contribution in [2.24, 2.45) is 0 Å². The maximum Gasteiger partial charge on any atom is 0.264 e.